The first-order valence-electron chi connectivity index (χ1n) is 4.39. The van der Waals surface area contributed by atoms with Gasteiger partial charge in [-0.1, -0.05) is 12.1 Å². The molecule has 0 spiro atoms. The van der Waals surface area contributed by atoms with Crippen molar-refractivity contribution in [3.8, 4) is 5.75 Å². The number of carbonyl (C=O) groups excluding carboxylic acids is 1. The third kappa shape index (κ3) is 2.57. The number of carbonyl (C=O) groups is 1. The van der Waals surface area contributed by atoms with Crippen LogP contribution < -0.4 is 0 Å². The Morgan fingerprint density at radius 2 is 2.29 bits per heavy atom. The van der Waals surface area contributed by atoms with E-state index in [0.29, 0.717) is 6.42 Å². The van der Waals surface area contributed by atoms with Gasteiger partial charge in [0.25, 0.3) is 0 Å². The molecule has 1 N–H and O–H groups in total. The van der Waals surface area contributed by atoms with E-state index in [-0.39, 0.29) is 5.75 Å². The van der Waals surface area contributed by atoms with Crippen LogP contribution in [-0.4, -0.2) is 24.1 Å². The molecule has 1 atom stereocenters. The summed E-state index contributed by atoms with van der Waals surface area (Å²) in [5.74, 6) is 0.201. The summed E-state index contributed by atoms with van der Waals surface area (Å²) in [4.78, 5) is 10.8. The van der Waals surface area contributed by atoms with E-state index in [9.17, 15) is 9.90 Å². The van der Waals surface area contributed by atoms with E-state index < -0.39 is 5.60 Å². The monoisotopic (exact) mass is 194 g/mol. The number of ether oxygens (including phenoxy) is 1. The van der Waals surface area contributed by atoms with Gasteiger partial charge < -0.3 is 14.6 Å². The van der Waals surface area contributed by atoms with Crippen molar-refractivity contribution in [1.29, 1.82) is 0 Å². The van der Waals surface area contributed by atoms with Gasteiger partial charge in [0.1, 0.15) is 11.4 Å². The molecule has 3 heteroatoms. The van der Waals surface area contributed by atoms with Crippen molar-refractivity contribution in [3.05, 3.63) is 29.8 Å². The van der Waals surface area contributed by atoms with Gasteiger partial charge in [0, 0.05) is 13.5 Å². The number of phenolic OH excluding ortho intramolecular Hbond substituents is 1. The number of methoxy groups -OCH3 is 1. The first-order chi connectivity index (χ1) is 6.59. The van der Waals surface area contributed by atoms with E-state index in [1.54, 1.807) is 25.1 Å². The molecule has 0 radical (unpaired) electrons. The lowest BCUT2D eigenvalue weighted by Gasteiger charge is -2.21. The zero-order chi connectivity index (χ0) is 10.6. The highest BCUT2D eigenvalue weighted by atomic mass is 16.5. The molecule has 1 unspecified atom stereocenters. The Morgan fingerprint density at radius 1 is 1.57 bits per heavy atom. The molecule has 0 heterocycles. The van der Waals surface area contributed by atoms with E-state index in [1.807, 2.05) is 6.07 Å². The second-order valence-corrected chi connectivity index (χ2v) is 3.48. The summed E-state index contributed by atoms with van der Waals surface area (Å²) < 4.78 is 5.08. The van der Waals surface area contributed by atoms with Gasteiger partial charge in [0.05, 0.1) is 0 Å². The second-order valence-electron chi connectivity index (χ2n) is 3.48. The van der Waals surface area contributed by atoms with Crippen molar-refractivity contribution in [3.63, 3.8) is 0 Å². The molecule has 0 saturated heterocycles. The fourth-order valence-corrected chi connectivity index (χ4v) is 1.23. The summed E-state index contributed by atoms with van der Waals surface area (Å²) in [5.41, 5.74) is 0.0646. The van der Waals surface area contributed by atoms with Gasteiger partial charge in [-0.2, -0.15) is 0 Å². The van der Waals surface area contributed by atoms with Gasteiger partial charge >= 0.3 is 0 Å². The third-order valence-electron chi connectivity index (χ3n) is 2.18. The average molecular weight is 194 g/mol. The van der Waals surface area contributed by atoms with Crippen LogP contribution in [0, 0.1) is 0 Å². The highest BCUT2D eigenvalue weighted by Gasteiger charge is 2.22. The van der Waals surface area contributed by atoms with E-state index in [0.717, 1.165) is 11.8 Å². The van der Waals surface area contributed by atoms with Crippen LogP contribution in [0.25, 0.3) is 0 Å². The number of phenols is 1. The first kappa shape index (κ1) is 10.7. The Morgan fingerprint density at radius 3 is 2.79 bits per heavy atom. The normalized spacial score (nSPS) is 14.7. The predicted molar refractivity (Wildman–Crippen MR) is 53.3 cm³/mol. The number of hydrogen-bond acceptors (Lipinski definition) is 3. The second kappa shape index (κ2) is 4.24. The molecule has 0 aliphatic carbocycles. The molecule has 0 aromatic heterocycles. The lowest BCUT2D eigenvalue weighted by atomic mass is 9.98. The summed E-state index contributed by atoms with van der Waals surface area (Å²) in [6.45, 7) is 1.71. The van der Waals surface area contributed by atoms with Gasteiger partial charge in [0.15, 0.2) is 6.29 Å². The number of hydrogen-bond donors (Lipinski definition) is 1. The third-order valence-corrected chi connectivity index (χ3v) is 2.18. The summed E-state index contributed by atoms with van der Waals surface area (Å²) in [5, 5.41) is 9.23. The van der Waals surface area contributed by atoms with E-state index in [1.165, 1.54) is 7.11 Å². The van der Waals surface area contributed by atoms with Gasteiger partial charge in [-0.3, -0.25) is 0 Å². The molecule has 0 aliphatic rings. The lowest BCUT2D eigenvalue weighted by Crippen LogP contribution is -2.31. The molecule has 0 aliphatic heterocycles. The minimum atomic E-state index is -0.812. The lowest BCUT2D eigenvalue weighted by molar-refractivity contribution is -0.125. The predicted octanol–water partition coefficient (Wildman–Crippen LogP) is 1.54. The maximum absolute atomic E-state index is 10.8. The van der Waals surface area contributed by atoms with Crippen molar-refractivity contribution in [2.45, 2.75) is 18.9 Å². The Bertz CT molecular complexity index is 322. The molecule has 14 heavy (non-hydrogen) atoms. The Labute approximate surface area is 83.3 Å². The highest BCUT2D eigenvalue weighted by Crippen LogP contribution is 2.18. The van der Waals surface area contributed by atoms with Crippen molar-refractivity contribution >= 4 is 6.29 Å². The van der Waals surface area contributed by atoms with Crippen LogP contribution in [0.4, 0.5) is 0 Å². The summed E-state index contributed by atoms with van der Waals surface area (Å²) in [7, 11) is 1.50. The highest BCUT2D eigenvalue weighted by molar-refractivity contribution is 5.62. The van der Waals surface area contributed by atoms with Crippen LogP contribution in [-0.2, 0) is 16.0 Å². The van der Waals surface area contributed by atoms with Crippen molar-refractivity contribution < 1.29 is 14.6 Å². The number of aldehydes is 1. The molecular weight excluding hydrogens is 180 g/mol. The van der Waals surface area contributed by atoms with Gasteiger partial charge in [-0.15, -0.1) is 0 Å². The van der Waals surface area contributed by atoms with Crippen molar-refractivity contribution in [2.24, 2.45) is 0 Å². The molecule has 3 nitrogen and oxygen atoms in total. The molecule has 1 rings (SSSR count). The molecule has 1 aromatic carbocycles. The van der Waals surface area contributed by atoms with Crippen LogP contribution in [0.5, 0.6) is 5.75 Å². The average Bonchev–Trinajstić information content (AvgIpc) is 2.18. The Hall–Kier alpha value is -1.35. The van der Waals surface area contributed by atoms with Crippen LogP contribution in [0.3, 0.4) is 0 Å². The Balaban J connectivity index is 2.82. The van der Waals surface area contributed by atoms with Gasteiger partial charge in [-0.05, 0) is 24.6 Å². The fourth-order valence-electron chi connectivity index (χ4n) is 1.23. The molecule has 0 bridgehead atoms. The van der Waals surface area contributed by atoms with Crippen molar-refractivity contribution in [1.82, 2.24) is 0 Å². The van der Waals surface area contributed by atoms with E-state index in [4.69, 9.17) is 4.74 Å². The van der Waals surface area contributed by atoms with Crippen molar-refractivity contribution in [2.75, 3.05) is 7.11 Å². The summed E-state index contributed by atoms with van der Waals surface area (Å²) >= 11 is 0. The largest absolute Gasteiger partial charge is 0.508 e. The molecule has 76 valence electrons. The van der Waals surface area contributed by atoms with Gasteiger partial charge in [-0.25, -0.2) is 0 Å². The molecule has 0 fully saturated rings. The maximum atomic E-state index is 10.8. The van der Waals surface area contributed by atoms with Crippen LogP contribution in [0.15, 0.2) is 24.3 Å². The zero-order valence-electron chi connectivity index (χ0n) is 8.36. The molecule has 0 saturated carbocycles. The molecular formula is C11H14O3. The quantitative estimate of drug-likeness (QED) is 0.739. The van der Waals surface area contributed by atoms with Crippen LogP contribution in [0.2, 0.25) is 0 Å². The topological polar surface area (TPSA) is 46.5 Å². The number of rotatable bonds is 4. The smallest absolute Gasteiger partial charge is 0.151 e. The number of benzene rings is 1. The van der Waals surface area contributed by atoms with Gasteiger partial charge in [0.2, 0.25) is 0 Å². The van der Waals surface area contributed by atoms with Crippen LogP contribution >= 0.6 is 0 Å². The maximum Gasteiger partial charge on any atom is 0.151 e. The zero-order valence-corrected chi connectivity index (χ0v) is 8.36. The van der Waals surface area contributed by atoms with Crippen LogP contribution in [0.1, 0.15) is 12.5 Å². The summed E-state index contributed by atoms with van der Waals surface area (Å²) in [6, 6.07) is 6.81. The SMILES string of the molecule is COC(C)(C=O)Cc1cccc(O)c1. The summed E-state index contributed by atoms with van der Waals surface area (Å²) in [6.07, 6.45) is 1.23. The molecule has 1 aromatic rings. The minimum Gasteiger partial charge on any atom is -0.508 e. The Kier molecular flexibility index (Phi) is 3.25. The van der Waals surface area contributed by atoms with E-state index >= 15 is 0 Å². The fraction of sp³-hybridized carbons (Fsp3) is 0.364. The molecule has 0 amide bonds. The standard InChI is InChI=1S/C11H14O3/c1-11(8-12,14-2)7-9-4-3-5-10(13)6-9/h3-6,8,13H,7H2,1-2H3. The number of aromatic hydroxyl groups is 1. The minimum absolute atomic E-state index is 0.201. The van der Waals surface area contributed by atoms with E-state index in [2.05, 4.69) is 0 Å². The first-order valence-corrected chi connectivity index (χ1v) is 4.39.